The van der Waals surface area contributed by atoms with Crippen LogP contribution in [0.1, 0.15) is 12.8 Å². The summed E-state index contributed by atoms with van der Waals surface area (Å²) in [6, 6.07) is -0.852. The predicted octanol–water partition coefficient (Wildman–Crippen LogP) is -1.17. The maximum absolute atomic E-state index is 11.5. The molecular formula is C14H24N2O9S2. The van der Waals surface area contributed by atoms with Gasteiger partial charge in [-0.1, -0.05) is 0 Å². The van der Waals surface area contributed by atoms with Crippen molar-refractivity contribution in [1.29, 1.82) is 0 Å². The van der Waals surface area contributed by atoms with Crippen LogP contribution in [-0.2, 0) is 33.9 Å². The van der Waals surface area contributed by atoms with Crippen molar-refractivity contribution in [2.45, 2.75) is 24.9 Å². The van der Waals surface area contributed by atoms with E-state index in [0.717, 1.165) is 0 Å². The molecule has 2 heterocycles. The second kappa shape index (κ2) is 9.55. The zero-order chi connectivity index (χ0) is 19.9. The lowest BCUT2D eigenvalue weighted by atomic mass is 10.3. The van der Waals surface area contributed by atoms with Gasteiger partial charge in [0.15, 0.2) is 19.7 Å². The van der Waals surface area contributed by atoms with Crippen LogP contribution in [-0.4, -0.2) is 90.5 Å². The average molecular weight is 428 g/mol. The number of hydrogen-bond acceptors (Lipinski definition) is 9. The lowest BCUT2D eigenvalue weighted by Gasteiger charge is -2.12. The molecule has 0 radical (unpaired) electrons. The summed E-state index contributed by atoms with van der Waals surface area (Å²) in [6.07, 6.45) is -0.661. The van der Waals surface area contributed by atoms with Crippen molar-refractivity contribution >= 4 is 31.9 Å². The van der Waals surface area contributed by atoms with Crippen LogP contribution in [0.3, 0.4) is 0 Å². The van der Waals surface area contributed by atoms with Crippen LogP contribution in [0.25, 0.3) is 0 Å². The Hall–Kier alpha value is -1.60. The van der Waals surface area contributed by atoms with E-state index in [1.165, 1.54) is 0 Å². The number of nitrogens with one attached hydrogen (secondary N) is 2. The van der Waals surface area contributed by atoms with Gasteiger partial charge in [-0.05, 0) is 12.8 Å². The summed E-state index contributed by atoms with van der Waals surface area (Å²) in [5.41, 5.74) is 0. The smallest absolute Gasteiger partial charge is 0.407 e. The Labute approximate surface area is 157 Å². The SMILES string of the molecule is O=C(N[C@@H]1CCS(=O)(=O)C1)OCCOCCOC(=O)N[C@H]1CCS(=O)(=O)C1. The van der Waals surface area contributed by atoms with Crippen LogP contribution < -0.4 is 10.6 Å². The first-order valence-electron chi connectivity index (χ1n) is 8.50. The molecule has 0 aromatic rings. The molecule has 0 bridgehead atoms. The molecule has 27 heavy (non-hydrogen) atoms. The number of carbonyl (C=O) groups is 2. The zero-order valence-electron chi connectivity index (χ0n) is 14.7. The second-order valence-corrected chi connectivity index (χ2v) is 10.8. The Bertz CT molecular complexity index is 674. The zero-order valence-corrected chi connectivity index (χ0v) is 16.3. The quantitative estimate of drug-likeness (QED) is 0.455. The van der Waals surface area contributed by atoms with Crippen molar-refractivity contribution in [1.82, 2.24) is 10.6 Å². The summed E-state index contributed by atoms with van der Waals surface area (Å²) in [7, 11) is -6.14. The molecule has 2 N–H and O–H groups in total. The minimum atomic E-state index is -3.07. The van der Waals surface area contributed by atoms with Gasteiger partial charge in [-0.15, -0.1) is 0 Å². The van der Waals surface area contributed by atoms with Crippen LogP contribution in [0.2, 0.25) is 0 Å². The Balaban J connectivity index is 1.44. The first-order valence-corrected chi connectivity index (χ1v) is 12.1. The summed E-state index contributed by atoms with van der Waals surface area (Å²) >= 11 is 0. The molecule has 2 aliphatic rings. The fraction of sp³-hybridized carbons (Fsp3) is 0.857. The number of hydrogen-bond donors (Lipinski definition) is 2. The van der Waals surface area contributed by atoms with Crippen molar-refractivity contribution in [3.8, 4) is 0 Å². The van der Waals surface area contributed by atoms with E-state index in [-0.39, 0.29) is 49.4 Å². The van der Waals surface area contributed by atoms with Gasteiger partial charge >= 0.3 is 12.2 Å². The molecule has 0 saturated carbocycles. The molecule has 2 atom stereocenters. The van der Waals surface area contributed by atoms with Gasteiger partial charge in [0.1, 0.15) is 13.2 Å². The van der Waals surface area contributed by atoms with Crippen molar-refractivity contribution in [2.24, 2.45) is 0 Å². The molecule has 0 aliphatic carbocycles. The van der Waals surface area contributed by atoms with Gasteiger partial charge in [0.05, 0.1) is 36.2 Å². The van der Waals surface area contributed by atoms with E-state index in [1.54, 1.807) is 0 Å². The molecule has 0 aromatic heterocycles. The Kier molecular flexibility index (Phi) is 7.68. The molecular weight excluding hydrogens is 404 g/mol. The maximum atomic E-state index is 11.5. The fourth-order valence-corrected chi connectivity index (χ4v) is 6.07. The third-order valence-corrected chi connectivity index (χ3v) is 7.57. The third kappa shape index (κ3) is 8.30. The highest BCUT2D eigenvalue weighted by Gasteiger charge is 2.30. The van der Waals surface area contributed by atoms with Gasteiger partial charge < -0.3 is 24.8 Å². The number of amides is 2. The van der Waals surface area contributed by atoms with Crippen LogP contribution >= 0.6 is 0 Å². The van der Waals surface area contributed by atoms with E-state index in [4.69, 9.17) is 14.2 Å². The van der Waals surface area contributed by atoms with Crippen LogP contribution in [0.5, 0.6) is 0 Å². The summed E-state index contributed by atoms with van der Waals surface area (Å²) < 4.78 is 60.0. The highest BCUT2D eigenvalue weighted by atomic mass is 32.2. The number of alkyl carbamates (subject to hydrolysis) is 2. The van der Waals surface area contributed by atoms with Crippen molar-refractivity contribution in [2.75, 3.05) is 49.4 Å². The normalized spacial score (nSPS) is 25.6. The number of ether oxygens (including phenoxy) is 3. The van der Waals surface area contributed by atoms with E-state index < -0.39 is 43.9 Å². The molecule has 2 amide bonds. The van der Waals surface area contributed by atoms with Gasteiger partial charge in [0, 0.05) is 12.1 Å². The van der Waals surface area contributed by atoms with Gasteiger partial charge in [-0.25, -0.2) is 26.4 Å². The Morgan fingerprint density at radius 2 is 1.15 bits per heavy atom. The monoisotopic (exact) mass is 428 g/mol. The van der Waals surface area contributed by atoms with E-state index in [0.29, 0.717) is 12.8 Å². The van der Waals surface area contributed by atoms with E-state index in [2.05, 4.69) is 10.6 Å². The van der Waals surface area contributed by atoms with Crippen molar-refractivity contribution in [3.05, 3.63) is 0 Å². The lowest BCUT2D eigenvalue weighted by Crippen LogP contribution is -2.36. The molecule has 13 heteroatoms. The predicted molar refractivity (Wildman–Crippen MR) is 93.9 cm³/mol. The van der Waals surface area contributed by atoms with E-state index in [1.807, 2.05) is 0 Å². The molecule has 2 saturated heterocycles. The number of sulfone groups is 2. The van der Waals surface area contributed by atoms with E-state index >= 15 is 0 Å². The summed E-state index contributed by atoms with van der Waals surface area (Å²) in [4.78, 5) is 23.0. The summed E-state index contributed by atoms with van der Waals surface area (Å²) in [5, 5.41) is 4.95. The minimum Gasteiger partial charge on any atom is -0.447 e. The molecule has 156 valence electrons. The molecule has 2 aliphatic heterocycles. The maximum Gasteiger partial charge on any atom is 0.407 e. The van der Waals surface area contributed by atoms with Crippen molar-refractivity contribution < 1.29 is 40.6 Å². The van der Waals surface area contributed by atoms with Gasteiger partial charge in [-0.2, -0.15) is 0 Å². The first-order chi connectivity index (χ1) is 12.7. The molecule has 0 spiro atoms. The Morgan fingerprint density at radius 3 is 1.48 bits per heavy atom. The third-order valence-electron chi connectivity index (χ3n) is 4.03. The molecule has 2 fully saturated rings. The largest absolute Gasteiger partial charge is 0.447 e. The summed E-state index contributed by atoms with van der Waals surface area (Å²) in [6.45, 7) is 0.110. The van der Waals surface area contributed by atoms with Gasteiger partial charge in [0.25, 0.3) is 0 Å². The Morgan fingerprint density at radius 1 is 0.741 bits per heavy atom. The first kappa shape index (κ1) is 21.7. The van der Waals surface area contributed by atoms with Crippen LogP contribution in [0.4, 0.5) is 9.59 Å². The second-order valence-electron chi connectivity index (χ2n) is 6.37. The number of carbonyl (C=O) groups excluding carboxylic acids is 2. The van der Waals surface area contributed by atoms with Gasteiger partial charge in [-0.3, -0.25) is 0 Å². The average Bonchev–Trinajstić information content (AvgIpc) is 3.07. The molecule has 0 aromatic carbocycles. The molecule has 2 rings (SSSR count). The molecule has 0 unspecified atom stereocenters. The fourth-order valence-electron chi connectivity index (χ4n) is 2.72. The van der Waals surface area contributed by atoms with E-state index in [9.17, 15) is 26.4 Å². The highest BCUT2D eigenvalue weighted by molar-refractivity contribution is 7.91. The van der Waals surface area contributed by atoms with Crippen LogP contribution in [0.15, 0.2) is 0 Å². The minimum absolute atomic E-state index is 0.0303. The highest BCUT2D eigenvalue weighted by Crippen LogP contribution is 2.12. The summed E-state index contributed by atoms with van der Waals surface area (Å²) in [5.74, 6) is -0.0357. The number of rotatable bonds is 8. The topological polar surface area (TPSA) is 154 Å². The lowest BCUT2D eigenvalue weighted by molar-refractivity contribution is 0.0448. The molecule has 11 nitrogen and oxygen atoms in total. The van der Waals surface area contributed by atoms with Crippen molar-refractivity contribution in [3.63, 3.8) is 0 Å². The van der Waals surface area contributed by atoms with Gasteiger partial charge in [0.2, 0.25) is 0 Å². The van der Waals surface area contributed by atoms with Crippen LogP contribution in [0, 0.1) is 0 Å². The standard InChI is InChI=1S/C14H24N2O9S2/c17-13(15-11-1-7-26(19,20)9-11)24-5-3-23-4-6-25-14(18)16-12-2-8-27(21,22)10-12/h11-12H,1-10H2,(H,15,17)(H,16,18)/t11-,12+.